The third kappa shape index (κ3) is 2.46. The predicted octanol–water partition coefficient (Wildman–Crippen LogP) is 0.545. The number of benzene rings is 1. The van der Waals surface area contributed by atoms with E-state index in [1.807, 2.05) is 12.1 Å². The zero-order valence-corrected chi connectivity index (χ0v) is 14.9. The largest absolute Gasteiger partial charge is 0.504 e. The first-order valence-corrected chi connectivity index (χ1v) is 9.81. The zero-order chi connectivity index (χ0) is 18.9. The second kappa shape index (κ2) is 5.67. The van der Waals surface area contributed by atoms with E-state index in [-0.39, 0.29) is 17.3 Å². The quantitative estimate of drug-likeness (QED) is 0.378. The van der Waals surface area contributed by atoms with Crippen molar-refractivity contribution >= 4 is 10.4 Å². The fourth-order valence-corrected chi connectivity index (χ4v) is 5.24. The summed E-state index contributed by atoms with van der Waals surface area (Å²) in [5.41, 5.74) is 2.29. The molecule has 0 saturated carbocycles. The molecule has 1 aromatic carbocycles. The van der Waals surface area contributed by atoms with Crippen LogP contribution in [-0.4, -0.2) is 64.5 Å². The van der Waals surface area contributed by atoms with Gasteiger partial charge < -0.3 is 19.8 Å². The molecule has 142 valence electrons. The molecule has 0 aromatic heterocycles. The normalized spacial score (nSPS) is 36.6. The van der Waals surface area contributed by atoms with Crippen molar-refractivity contribution in [1.29, 1.82) is 0 Å². The van der Waals surface area contributed by atoms with Gasteiger partial charge in [-0.3, -0.25) is 9.11 Å². The molecular weight excluding hydrogens is 362 g/mol. The molecule has 1 aromatic rings. The topological polar surface area (TPSA) is 128 Å². The Balaban J connectivity index is 0.000000301. The van der Waals surface area contributed by atoms with Crippen molar-refractivity contribution in [3.63, 3.8) is 0 Å². The number of rotatable bonds is 0. The molecule has 5 atom stereocenters. The van der Waals surface area contributed by atoms with Gasteiger partial charge in [-0.15, -0.1) is 0 Å². The highest BCUT2D eigenvalue weighted by Gasteiger charge is 2.64. The average Bonchev–Trinajstić information content (AvgIpc) is 2.89. The molecule has 0 radical (unpaired) electrons. The molecular formula is C17H21NO7S. The maximum atomic E-state index is 10.4. The smallest absolute Gasteiger partial charge is 0.394 e. The first-order valence-electron chi connectivity index (χ1n) is 8.41. The lowest BCUT2D eigenvalue weighted by molar-refractivity contribution is -0.0453. The maximum absolute atomic E-state index is 10.4. The lowest BCUT2D eigenvalue weighted by Crippen LogP contribution is -2.64. The minimum absolute atomic E-state index is 0.160. The highest BCUT2D eigenvalue weighted by atomic mass is 32.3. The molecule has 4 N–H and O–H groups in total. The predicted molar refractivity (Wildman–Crippen MR) is 91.8 cm³/mol. The van der Waals surface area contributed by atoms with Crippen LogP contribution in [-0.2, 0) is 22.2 Å². The summed E-state index contributed by atoms with van der Waals surface area (Å²) in [7, 11) is -2.48. The first kappa shape index (κ1) is 17.7. The van der Waals surface area contributed by atoms with E-state index < -0.39 is 16.5 Å². The Labute approximate surface area is 151 Å². The van der Waals surface area contributed by atoms with Crippen molar-refractivity contribution in [3.05, 3.63) is 35.4 Å². The van der Waals surface area contributed by atoms with Crippen molar-refractivity contribution in [2.45, 2.75) is 36.5 Å². The number of aliphatic hydroxyl groups excluding tert-OH is 1. The SMILES string of the molecule is CN1CC[C@]23c4c5ccc(O)c4O[C@H]2[C@H](O)C=CC3[C@H]1C5.O=S(=O)(O)O. The Morgan fingerprint density at radius 3 is 2.65 bits per heavy atom. The van der Waals surface area contributed by atoms with Crippen LogP contribution in [0.4, 0.5) is 0 Å². The van der Waals surface area contributed by atoms with E-state index in [9.17, 15) is 10.2 Å². The fraction of sp³-hybridized carbons (Fsp3) is 0.529. The Morgan fingerprint density at radius 1 is 1.27 bits per heavy atom. The molecule has 1 fully saturated rings. The van der Waals surface area contributed by atoms with Crippen LogP contribution in [0.25, 0.3) is 0 Å². The average molecular weight is 383 g/mol. The highest BCUT2D eigenvalue weighted by molar-refractivity contribution is 7.79. The van der Waals surface area contributed by atoms with Gasteiger partial charge in [-0.25, -0.2) is 0 Å². The molecule has 1 saturated heterocycles. The molecule has 1 spiro atoms. The van der Waals surface area contributed by atoms with Crippen molar-refractivity contribution in [3.8, 4) is 11.5 Å². The van der Waals surface area contributed by atoms with E-state index in [1.54, 1.807) is 6.07 Å². The molecule has 2 heterocycles. The Morgan fingerprint density at radius 2 is 1.96 bits per heavy atom. The number of hydrogen-bond acceptors (Lipinski definition) is 6. The van der Waals surface area contributed by atoms with Crippen LogP contribution in [0.15, 0.2) is 24.3 Å². The van der Waals surface area contributed by atoms with Crippen molar-refractivity contribution in [1.82, 2.24) is 4.90 Å². The van der Waals surface area contributed by atoms with Crippen molar-refractivity contribution in [2.75, 3.05) is 13.6 Å². The van der Waals surface area contributed by atoms with Gasteiger partial charge in [0.15, 0.2) is 11.5 Å². The lowest BCUT2D eigenvalue weighted by Gasteiger charge is -2.56. The molecule has 2 bridgehead atoms. The van der Waals surface area contributed by atoms with Gasteiger partial charge in [0.05, 0.1) is 0 Å². The molecule has 8 nitrogen and oxygen atoms in total. The minimum Gasteiger partial charge on any atom is -0.504 e. The van der Waals surface area contributed by atoms with Gasteiger partial charge >= 0.3 is 10.4 Å². The van der Waals surface area contributed by atoms with E-state index in [0.29, 0.717) is 17.7 Å². The second-order valence-electron chi connectivity index (χ2n) is 7.38. The highest BCUT2D eigenvalue weighted by Crippen LogP contribution is 2.62. The molecule has 26 heavy (non-hydrogen) atoms. The number of phenolic OH excluding ortho intramolecular Hbond substituents is 1. The number of phenols is 1. The van der Waals surface area contributed by atoms with Crippen LogP contribution < -0.4 is 4.74 Å². The van der Waals surface area contributed by atoms with Gasteiger partial charge in [0.1, 0.15) is 12.2 Å². The van der Waals surface area contributed by atoms with Gasteiger partial charge in [-0.2, -0.15) is 8.42 Å². The third-order valence-corrected chi connectivity index (χ3v) is 6.15. The summed E-state index contributed by atoms with van der Waals surface area (Å²) in [5, 5.41) is 20.6. The van der Waals surface area contributed by atoms with Crippen LogP contribution >= 0.6 is 0 Å². The first-order chi connectivity index (χ1) is 12.1. The monoisotopic (exact) mass is 383 g/mol. The van der Waals surface area contributed by atoms with Crippen molar-refractivity contribution < 1.29 is 32.5 Å². The van der Waals surface area contributed by atoms with Gasteiger partial charge in [-0.1, -0.05) is 18.2 Å². The van der Waals surface area contributed by atoms with Crippen LogP contribution in [0.3, 0.4) is 0 Å². The Hall–Kier alpha value is -1.65. The molecule has 9 heteroatoms. The summed E-state index contributed by atoms with van der Waals surface area (Å²) < 4.78 is 37.7. The van der Waals surface area contributed by atoms with Crippen LogP contribution in [0, 0.1) is 5.92 Å². The minimum atomic E-state index is -4.67. The van der Waals surface area contributed by atoms with E-state index in [0.717, 1.165) is 19.4 Å². The molecule has 2 aliphatic carbocycles. The molecule has 5 rings (SSSR count). The Bertz CT molecular complexity index is 875. The van der Waals surface area contributed by atoms with Gasteiger partial charge in [0.25, 0.3) is 0 Å². The van der Waals surface area contributed by atoms with E-state index >= 15 is 0 Å². The number of likely N-dealkylation sites (tertiary alicyclic amines) is 1. The van der Waals surface area contributed by atoms with E-state index in [2.05, 4.69) is 18.0 Å². The van der Waals surface area contributed by atoms with Gasteiger partial charge in [-0.05, 0) is 38.1 Å². The number of piperidine rings is 1. The summed E-state index contributed by atoms with van der Waals surface area (Å²) >= 11 is 0. The van der Waals surface area contributed by atoms with Crippen LogP contribution in [0.2, 0.25) is 0 Å². The van der Waals surface area contributed by atoms with Crippen LogP contribution in [0.5, 0.6) is 11.5 Å². The van der Waals surface area contributed by atoms with E-state index in [4.69, 9.17) is 22.3 Å². The Kier molecular flexibility index (Phi) is 3.87. The lowest BCUT2D eigenvalue weighted by atomic mass is 9.53. The summed E-state index contributed by atoms with van der Waals surface area (Å²) in [5.74, 6) is 1.19. The number of hydrogen-bond donors (Lipinski definition) is 4. The number of aromatic hydroxyl groups is 1. The summed E-state index contributed by atoms with van der Waals surface area (Å²) in [6.07, 6.45) is 5.18. The second-order valence-corrected chi connectivity index (χ2v) is 8.27. The molecule has 1 unspecified atom stereocenters. The number of nitrogens with zero attached hydrogens (tertiary/aromatic N) is 1. The molecule has 4 aliphatic rings. The standard InChI is InChI=1S/C17H19NO3.H2O4S/c1-18-7-6-17-10-3-5-13(20)16(17)21-15-12(19)4-2-9(14(15)17)8-11(10)18;1-5(2,3)4/h2-5,10-11,13,16,19-20H,6-8H2,1H3;(H2,1,2,3,4)/t10?,11-,13-,16+,17+;/m1./s1. The summed E-state index contributed by atoms with van der Waals surface area (Å²) in [4.78, 5) is 2.43. The maximum Gasteiger partial charge on any atom is 0.394 e. The van der Waals surface area contributed by atoms with Crippen LogP contribution in [0.1, 0.15) is 17.5 Å². The zero-order valence-electron chi connectivity index (χ0n) is 14.1. The molecule has 0 amide bonds. The number of aliphatic hydroxyl groups is 1. The van der Waals surface area contributed by atoms with E-state index in [1.165, 1.54) is 11.1 Å². The summed E-state index contributed by atoms with van der Waals surface area (Å²) in [6.45, 7) is 1.01. The fourth-order valence-electron chi connectivity index (χ4n) is 5.24. The number of ether oxygens (including phenoxy) is 1. The van der Waals surface area contributed by atoms with Gasteiger partial charge in [0.2, 0.25) is 0 Å². The van der Waals surface area contributed by atoms with Gasteiger partial charge in [0, 0.05) is 22.9 Å². The third-order valence-electron chi connectivity index (χ3n) is 6.15. The summed E-state index contributed by atoms with van der Waals surface area (Å²) in [6, 6.07) is 4.23. The number of likely N-dealkylation sites (N-methyl/N-ethyl adjacent to an activating group) is 1. The molecule has 2 aliphatic heterocycles. The van der Waals surface area contributed by atoms with Crippen molar-refractivity contribution in [2.24, 2.45) is 5.92 Å².